The molecule has 0 aliphatic carbocycles. The number of nitrogens with one attached hydrogen (secondary N) is 1. The van der Waals surface area contributed by atoms with Crippen LogP contribution in [0.4, 0.5) is 0 Å². The Morgan fingerprint density at radius 2 is 1.64 bits per heavy atom. The summed E-state index contributed by atoms with van der Waals surface area (Å²) in [6.45, 7) is 8.42. The van der Waals surface area contributed by atoms with Gasteiger partial charge in [-0.3, -0.25) is 0 Å². The molecule has 1 unspecified atom stereocenters. The molecule has 0 radical (unpaired) electrons. The highest BCUT2D eigenvalue weighted by Gasteiger charge is 2.20. The van der Waals surface area contributed by atoms with Gasteiger partial charge in [0.1, 0.15) is 0 Å². The van der Waals surface area contributed by atoms with Gasteiger partial charge in [-0.1, -0.05) is 51.1 Å². The fourth-order valence-corrected chi connectivity index (χ4v) is 1.33. The number of hydrogen-bond acceptors (Lipinski definition) is 1. The van der Waals surface area contributed by atoms with Crippen molar-refractivity contribution in [2.45, 2.75) is 39.7 Å². The molecule has 0 heterocycles. The maximum absolute atomic E-state index is 3.34. The van der Waals surface area contributed by atoms with E-state index in [0.717, 1.165) is 6.42 Å². The predicted molar refractivity (Wildman–Crippen MR) is 64.5 cm³/mol. The van der Waals surface area contributed by atoms with Crippen LogP contribution in [-0.4, -0.2) is 7.05 Å². The van der Waals surface area contributed by atoms with Crippen molar-refractivity contribution in [2.75, 3.05) is 7.05 Å². The smallest absolute Gasteiger partial charge is 0.0400 e. The maximum atomic E-state index is 3.34. The third kappa shape index (κ3) is 3.15. The second-order valence-corrected chi connectivity index (χ2v) is 3.30. The highest BCUT2D eigenvalue weighted by Crippen LogP contribution is 2.22. The molecule has 80 valence electrons. The van der Waals surface area contributed by atoms with Gasteiger partial charge in [0.2, 0.25) is 0 Å². The van der Waals surface area contributed by atoms with Crippen molar-refractivity contribution in [1.29, 1.82) is 0 Å². The van der Waals surface area contributed by atoms with Crippen LogP contribution in [0.1, 0.15) is 39.7 Å². The first kappa shape index (κ1) is 13.2. The van der Waals surface area contributed by atoms with Crippen LogP contribution < -0.4 is 5.32 Å². The molecule has 14 heavy (non-hydrogen) atoms. The molecule has 0 spiro atoms. The van der Waals surface area contributed by atoms with E-state index in [9.17, 15) is 0 Å². The van der Waals surface area contributed by atoms with E-state index < -0.39 is 0 Å². The zero-order chi connectivity index (χ0) is 11.0. The Balaban J connectivity index is 0.000000791. The van der Waals surface area contributed by atoms with Crippen molar-refractivity contribution < 1.29 is 0 Å². The van der Waals surface area contributed by atoms with E-state index in [-0.39, 0.29) is 5.54 Å². The van der Waals surface area contributed by atoms with E-state index >= 15 is 0 Å². The zero-order valence-corrected chi connectivity index (χ0v) is 10.1. The van der Waals surface area contributed by atoms with Gasteiger partial charge >= 0.3 is 0 Å². The molecule has 1 aromatic rings. The molecule has 0 amide bonds. The molecule has 1 atom stereocenters. The van der Waals surface area contributed by atoms with E-state index in [4.69, 9.17) is 0 Å². The van der Waals surface area contributed by atoms with Crippen LogP contribution in [0.3, 0.4) is 0 Å². The first-order chi connectivity index (χ1) is 6.73. The average molecular weight is 193 g/mol. The Morgan fingerprint density at radius 3 is 2.00 bits per heavy atom. The van der Waals surface area contributed by atoms with Crippen molar-refractivity contribution in [1.82, 2.24) is 5.32 Å². The molecular formula is C13H23N. The van der Waals surface area contributed by atoms with Crippen LogP contribution in [0.15, 0.2) is 30.3 Å². The second-order valence-electron chi connectivity index (χ2n) is 3.30. The molecule has 1 heteroatoms. The molecule has 1 rings (SSSR count). The van der Waals surface area contributed by atoms with Gasteiger partial charge in [0.05, 0.1) is 0 Å². The van der Waals surface area contributed by atoms with E-state index in [2.05, 4.69) is 49.5 Å². The molecule has 0 aliphatic heterocycles. The Morgan fingerprint density at radius 1 is 1.14 bits per heavy atom. The minimum absolute atomic E-state index is 0.126. The Labute approximate surface area is 88.5 Å². The fourth-order valence-electron chi connectivity index (χ4n) is 1.33. The second kappa shape index (κ2) is 6.61. The van der Waals surface area contributed by atoms with Crippen molar-refractivity contribution in [3.05, 3.63) is 35.9 Å². The first-order valence-corrected chi connectivity index (χ1v) is 5.47. The van der Waals surface area contributed by atoms with Crippen molar-refractivity contribution >= 4 is 0 Å². The van der Waals surface area contributed by atoms with Crippen LogP contribution >= 0.6 is 0 Å². The molecule has 0 saturated heterocycles. The van der Waals surface area contributed by atoms with Gasteiger partial charge in [-0.15, -0.1) is 0 Å². The Bertz CT molecular complexity index is 224. The summed E-state index contributed by atoms with van der Waals surface area (Å²) in [5, 5.41) is 3.34. The lowest BCUT2D eigenvalue weighted by Gasteiger charge is -2.28. The minimum Gasteiger partial charge on any atom is -0.311 e. The summed E-state index contributed by atoms with van der Waals surface area (Å²) in [6, 6.07) is 10.6. The van der Waals surface area contributed by atoms with Crippen molar-refractivity contribution in [2.24, 2.45) is 0 Å². The van der Waals surface area contributed by atoms with Gasteiger partial charge in [0.15, 0.2) is 0 Å². The van der Waals surface area contributed by atoms with Gasteiger partial charge in [-0.25, -0.2) is 0 Å². The summed E-state index contributed by atoms with van der Waals surface area (Å²) in [5.74, 6) is 0. The minimum atomic E-state index is 0.126. The average Bonchev–Trinajstić information content (AvgIpc) is 2.32. The molecule has 1 N–H and O–H groups in total. The first-order valence-electron chi connectivity index (χ1n) is 5.47. The highest BCUT2D eigenvalue weighted by atomic mass is 14.9. The molecule has 0 aliphatic rings. The van der Waals surface area contributed by atoms with E-state index in [1.165, 1.54) is 5.56 Å². The molecule has 1 aromatic carbocycles. The number of benzene rings is 1. The summed E-state index contributed by atoms with van der Waals surface area (Å²) >= 11 is 0. The summed E-state index contributed by atoms with van der Waals surface area (Å²) in [6.07, 6.45) is 1.10. The fraction of sp³-hybridized carbons (Fsp3) is 0.538. The summed E-state index contributed by atoms with van der Waals surface area (Å²) in [7, 11) is 2.01. The molecule has 0 saturated carbocycles. The third-order valence-corrected chi connectivity index (χ3v) is 2.67. The normalized spacial score (nSPS) is 13.8. The van der Waals surface area contributed by atoms with Gasteiger partial charge in [0.25, 0.3) is 0 Å². The standard InChI is InChI=1S/C11H17N.C2H6/c1-4-11(2,12-3)10-8-6-5-7-9-10;1-2/h5-9,12H,4H2,1-3H3;1-2H3. The summed E-state index contributed by atoms with van der Waals surface area (Å²) < 4.78 is 0. The lowest BCUT2D eigenvalue weighted by molar-refractivity contribution is 0.386. The predicted octanol–water partition coefficient (Wildman–Crippen LogP) is 3.56. The van der Waals surface area contributed by atoms with Gasteiger partial charge in [-0.05, 0) is 26.0 Å². The molecule has 0 bridgehead atoms. The van der Waals surface area contributed by atoms with Gasteiger partial charge in [-0.2, -0.15) is 0 Å². The zero-order valence-electron chi connectivity index (χ0n) is 10.1. The Hall–Kier alpha value is -0.820. The molecule has 0 fully saturated rings. The Kier molecular flexibility index (Phi) is 6.22. The number of hydrogen-bond donors (Lipinski definition) is 1. The van der Waals surface area contributed by atoms with Gasteiger partial charge < -0.3 is 5.32 Å². The van der Waals surface area contributed by atoms with Crippen molar-refractivity contribution in [3.8, 4) is 0 Å². The van der Waals surface area contributed by atoms with Crippen LogP contribution in [0.5, 0.6) is 0 Å². The lowest BCUT2D eigenvalue weighted by atomic mass is 9.90. The molecular weight excluding hydrogens is 170 g/mol. The number of rotatable bonds is 3. The topological polar surface area (TPSA) is 12.0 Å². The van der Waals surface area contributed by atoms with E-state index in [0.29, 0.717) is 0 Å². The highest BCUT2D eigenvalue weighted by molar-refractivity contribution is 5.23. The van der Waals surface area contributed by atoms with E-state index in [1.807, 2.05) is 20.9 Å². The summed E-state index contributed by atoms with van der Waals surface area (Å²) in [4.78, 5) is 0. The monoisotopic (exact) mass is 193 g/mol. The quantitative estimate of drug-likeness (QED) is 0.774. The van der Waals surface area contributed by atoms with Crippen LogP contribution in [0.2, 0.25) is 0 Å². The van der Waals surface area contributed by atoms with Crippen LogP contribution in [0, 0.1) is 0 Å². The van der Waals surface area contributed by atoms with Gasteiger partial charge in [0, 0.05) is 5.54 Å². The maximum Gasteiger partial charge on any atom is 0.0400 e. The van der Waals surface area contributed by atoms with E-state index in [1.54, 1.807) is 0 Å². The SMILES string of the molecule is CC.CCC(C)(NC)c1ccccc1. The van der Waals surface area contributed by atoms with Crippen LogP contribution in [0.25, 0.3) is 0 Å². The van der Waals surface area contributed by atoms with Crippen LogP contribution in [-0.2, 0) is 5.54 Å². The van der Waals surface area contributed by atoms with Crippen molar-refractivity contribution in [3.63, 3.8) is 0 Å². The molecule has 0 aromatic heterocycles. The third-order valence-electron chi connectivity index (χ3n) is 2.67. The molecule has 1 nitrogen and oxygen atoms in total. The lowest BCUT2D eigenvalue weighted by Crippen LogP contribution is -2.35. The summed E-state index contributed by atoms with van der Waals surface area (Å²) in [5.41, 5.74) is 1.48. The largest absolute Gasteiger partial charge is 0.311 e.